The van der Waals surface area contributed by atoms with Gasteiger partial charge in [0.05, 0.1) is 12.5 Å². The molecule has 2 rings (SSSR count). The van der Waals surface area contributed by atoms with Crippen molar-refractivity contribution in [1.82, 2.24) is 0 Å². The Morgan fingerprint density at radius 3 is 2.65 bits per heavy atom. The quantitative estimate of drug-likeness (QED) is 0.888. The van der Waals surface area contributed by atoms with Gasteiger partial charge >= 0.3 is 0 Å². The van der Waals surface area contributed by atoms with Gasteiger partial charge < -0.3 is 15.4 Å². The molecule has 0 bridgehead atoms. The predicted molar refractivity (Wildman–Crippen MR) is 77.6 cm³/mol. The van der Waals surface area contributed by atoms with Crippen LogP contribution in [0.1, 0.15) is 32.6 Å². The van der Waals surface area contributed by atoms with E-state index in [2.05, 4.69) is 10.6 Å². The van der Waals surface area contributed by atoms with Crippen LogP contribution < -0.4 is 10.6 Å². The lowest BCUT2D eigenvalue weighted by atomic mass is 10.1. The van der Waals surface area contributed by atoms with Gasteiger partial charge in [-0.15, -0.1) is 0 Å². The summed E-state index contributed by atoms with van der Waals surface area (Å²) >= 11 is 0. The molecule has 2 N–H and O–H groups in total. The lowest BCUT2D eigenvalue weighted by Gasteiger charge is -2.22. The molecule has 20 heavy (non-hydrogen) atoms. The van der Waals surface area contributed by atoms with Crippen molar-refractivity contribution in [2.45, 2.75) is 38.7 Å². The molecule has 1 aliphatic heterocycles. The lowest BCUT2D eigenvalue weighted by Crippen LogP contribution is -2.25. The second-order valence-electron chi connectivity index (χ2n) is 5.00. The molecule has 1 aromatic rings. The van der Waals surface area contributed by atoms with Gasteiger partial charge in [0.15, 0.2) is 0 Å². The Morgan fingerprint density at radius 2 is 2.00 bits per heavy atom. The molecule has 1 saturated heterocycles. The molecule has 2 amide bonds. The van der Waals surface area contributed by atoms with Crippen LogP contribution in [0.2, 0.25) is 0 Å². The number of amides is 2. The number of ether oxygens (including phenoxy) is 1. The third-order valence-corrected chi connectivity index (χ3v) is 3.15. The molecule has 108 valence electrons. The Hall–Kier alpha value is -1.88. The van der Waals surface area contributed by atoms with Gasteiger partial charge in [-0.25, -0.2) is 0 Å². The number of hydrogen-bond donors (Lipinski definition) is 2. The van der Waals surface area contributed by atoms with Crippen LogP contribution in [0.25, 0.3) is 0 Å². The van der Waals surface area contributed by atoms with E-state index in [9.17, 15) is 9.59 Å². The number of carbonyl (C=O) groups excluding carboxylic acids is 2. The average molecular weight is 276 g/mol. The molecular formula is C15H20N2O3. The number of rotatable bonds is 4. The van der Waals surface area contributed by atoms with Crippen LogP contribution in [0.4, 0.5) is 11.4 Å². The summed E-state index contributed by atoms with van der Waals surface area (Å²) in [6.07, 6.45) is 3.55. The molecule has 1 aromatic carbocycles. The molecule has 0 aliphatic carbocycles. The van der Waals surface area contributed by atoms with E-state index >= 15 is 0 Å². The molecular weight excluding hydrogens is 256 g/mol. The van der Waals surface area contributed by atoms with E-state index in [1.807, 2.05) is 0 Å². The van der Waals surface area contributed by atoms with Gasteiger partial charge in [0, 0.05) is 24.9 Å². The van der Waals surface area contributed by atoms with Gasteiger partial charge in [-0.1, -0.05) is 6.07 Å². The molecule has 1 fully saturated rings. The van der Waals surface area contributed by atoms with Gasteiger partial charge in [0.2, 0.25) is 11.8 Å². The maximum atomic E-state index is 11.9. The van der Waals surface area contributed by atoms with Crippen LogP contribution in [-0.4, -0.2) is 24.5 Å². The molecule has 0 radical (unpaired) electrons. The molecule has 0 saturated carbocycles. The average Bonchev–Trinajstić information content (AvgIpc) is 2.39. The van der Waals surface area contributed by atoms with Crippen LogP contribution in [0.3, 0.4) is 0 Å². The first-order valence-electron chi connectivity index (χ1n) is 6.92. The third kappa shape index (κ3) is 4.66. The fourth-order valence-corrected chi connectivity index (χ4v) is 2.27. The fourth-order valence-electron chi connectivity index (χ4n) is 2.27. The number of hydrogen-bond acceptors (Lipinski definition) is 3. The summed E-state index contributed by atoms with van der Waals surface area (Å²) in [5, 5.41) is 5.52. The number of nitrogens with one attached hydrogen (secondary N) is 2. The van der Waals surface area contributed by atoms with Gasteiger partial charge in [-0.3, -0.25) is 9.59 Å². The number of carbonyl (C=O) groups is 2. The van der Waals surface area contributed by atoms with Crippen molar-refractivity contribution in [2.24, 2.45) is 0 Å². The molecule has 0 spiro atoms. The third-order valence-electron chi connectivity index (χ3n) is 3.15. The Labute approximate surface area is 118 Å². The van der Waals surface area contributed by atoms with Crippen LogP contribution in [0.15, 0.2) is 24.3 Å². The Balaban J connectivity index is 1.88. The maximum Gasteiger partial charge on any atom is 0.226 e. The summed E-state index contributed by atoms with van der Waals surface area (Å²) in [6, 6.07) is 7.10. The lowest BCUT2D eigenvalue weighted by molar-refractivity contribution is -0.120. The van der Waals surface area contributed by atoms with Crippen molar-refractivity contribution in [2.75, 3.05) is 17.2 Å². The van der Waals surface area contributed by atoms with Crippen molar-refractivity contribution in [3.8, 4) is 0 Å². The summed E-state index contributed by atoms with van der Waals surface area (Å²) in [7, 11) is 0. The monoisotopic (exact) mass is 276 g/mol. The summed E-state index contributed by atoms with van der Waals surface area (Å²) < 4.78 is 5.54. The largest absolute Gasteiger partial charge is 0.378 e. The molecule has 1 unspecified atom stereocenters. The number of benzene rings is 1. The van der Waals surface area contributed by atoms with Crippen molar-refractivity contribution in [3.05, 3.63) is 24.3 Å². The normalized spacial score (nSPS) is 18.4. The first kappa shape index (κ1) is 14.5. The van der Waals surface area contributed by atoms with Gasteiger partial charge in [0.1, 0.15) is 0 Å². The molecule has 5 heteroatoms. The van der Waals surface area contributed by atoms with E-state index in [0.29, 0.717) is 17.8 Å². The van der Waals surface area contributed by atoms with Crippen molar-refractivity contribution >= 4 is 23.2 Å². The topological polar surface area (TPSA) is 67.4 Å². The molecule has 1 aliphatic rings. The second-order valence-corrected chi connectivity index (χ2v) is 5.00. The van der Waals surface area contributed by atoms with Gasteiger partial charge in [-0.2, -0.15) is 0 Å². The van der Waals surface area contributed by atoms with Crippen molar-refractivity contribution < 1.29 is 14.3 Å². The zero-order chi connectivity index (χ0) is 14.4. The summed E-state index contributed by atoms with van der Waals surface area (Å²) in [5.74, 6) is -0.194. The van der Waals surface area contributed by atoms with Gasteiger partial charge in [-0.05, 0) is 37.5 Å². The SMILES string of the molecule is CC(=O)Nc1cccc(NC(=O)CC2CCCCO2)c1. The fraction of sp³-hybridized carbons (Fsp3) is 0.467. The van der Waals surface area contributed by atoms with Crippen LogP contribution in [-0.2, 0) is 14.3 Å². The summed E-state index contributed by atoms with van der Waals surface area (Å²) in [4.78, 5) is 22.9. The van der Waals surface area contributed by atoms with E-state index < -0.39 is 0 Å². The summed E-state index contributed by atoms with van der Waals surface area (Å²) in [5.41, 5.74) is 1.35. The van der Waals surface area contributed by atoms with E-state index in [1.54, 1.807) is 24.3 Å². The Bertz CT molecular complexity index is 482. The molecule has 1 atom stereocenters. The zero-order valence-electron chi connectivity index (χ0n) is 11.6. The van der Waals surface area contributed by atoms with Crippen LogP contribution in [0, 0.1) is 0 Å². The first-order chi connectivity index (χ1) is 9.63. The minimum Gasteiger partial charge on any atom is -0.378 e. The van der Waals surface area contributed by atoms with E-state index in [-0.39, 0.29) is 17.9 Å². The highest BCUT2D eigenvalue weighted by Crippen LogP contribution is 2.18. The van der Waals surface area contributed by atoms with Crippen LogP contribution in [0.5, 0.6) is 0 Å². The smallest absolute Gasteiger partial charge is 0.226 e. The van der Waals surface area contributed by atoms with Crippen LogP contribution >= 0.6 is 0 Å². The number of anilines is 2. The predicted octanol–water partition coefficient (Wildman–Crippen LogP) is 2.54. The minimum atomic E-state index is -0.135. The van der Waals surface area contributed by atoms with E-state index in [0.717, 1.165) is 25.9 Å². The maximum absolute atomic E-state index is 11.9. The summed E-state index contributed by atoms with van der Waals surface area (Å²) in [6.45, 7) is 2.20. The molecule has 0 aromatic heterocycles. The Morgan fingerprint density at radius 1 is 1.25 bits per heavy atom. The van der Waals surface area contributed by atoms with Gasteiger partial charge in [0.25, 0.3) is 0 Å². The van der Waals surface area contributed by atoms with E-state index in [1.165, 1.54) is 6.92 Å². The first-order valence-corrected chi connectivity index (χ1v) is 6.92. The highest BCUT2D eigenvalue weighted by Gasteiger charge is 2.17. The minimum absolute atomic E-state index is 0.0299. The second kappa shape index (κ2) is 7.05. The zero-order valence-corrected chi connectivity index (χ0v) is 11.6. The highest BCUT2D eigenvalue weighted by atomic mass is 16.5. The Kier molecular flexibility index (Phi) is 5.12. The van der Waals surface area contributed by atoms with Crippen molar-refractivity contribution in [1.29, 1.82) is 0 Å². The highest BCUT2D eigenvalue weighted by molar-refractivity contribution is 5.93. The molecule has 5 nitrogen and oxygen atoms in total. The molecule has 1 heterocycles. The standard InChI is InChI=1S/C15H20N2O3/c1-11(18)16-12-5-4-6-13(9-12)17-15(19)10-14-7-2-3-8-20-14/h4-6,9,14H,2-3,7-8,10H2,1H3,(H,16,18)(H,17,19). The van der Waals surface area contributed by atoms with E-state index in [4.69, 9.17) is 4.74 Å². The van der Waals surface area contributed by atoms with Crippen molar-refractivity contribution in [3.63, 3.8) is 0 Å².